The Morgan fingerprint density at radius 2 is 1.88 bits per heavy atom. The number of urea groups is 1. The molecule has 92 valence electrons. The van der Waals surface area contributed by atoms with Gasteiger partial charge in [-0.25, -0.2) is 4.79 Å². The van der Waals surface area contributed by atoms with Gasteiger partial charge < -0.3 is 15.4 Å². The number of nitrogens with zero attached hydrogens (tertiary/aromatic N) is 2. The van der Waals surface area contributed by atoms with Crippen molar-refractivity contribution in [1.29, 1.82) is 0 Å². The summed E-state index contributed by atoms with van der Waals surface area (Å²) in [4.78, 5) is 25.7. The minimum absolute atomic E-state index is 0.167. The monoisotopic (exact) mass is 229 g/mol. The van der Waals surface area contributed by atoms with Crippen molar-refractivity contribution in [2.24, 2.45) is 5.73 Å². The van der Waals surface area contributed by atoms with Gasteiger partial charge in [-0.1, -0.05) is 0 Å². The summed E-state index contributed by atoms with van der Waals surface area (Å²) in [5.41, 5.74) is 5.17. The number of nitrogens with two attached hydrogens (primary N) is 1. The van der Waals surface area contributed by atoms with Crippen molar-refractivity contribution in [2.45, 2.75) is 13.3 Å². The molecule has 0 saturated carbocycles. The van der Waals surface area contributed by atoms with E-state index in [-0.39, 0.29) is 12.0 Å². The lowest BCUT2D eigenvalue weighted by atomic mass is 10.3. The van der Waals surface area contributed by atoms with Crippen LogP contribution in [0.4, 0.5) is 4.79 Å². The molecule has 0 aliphatic carbocycles. The Labute approximate surface area is 95.3 Å². The smallest absolute Gasteiger partial charge is 0.314 e. The first kappa shape index (κ1) is 12.8. The molecule has 6 nitrogen and oxygen atoms in total. The summed E-state index contributed by atoms with van der Waals surface area (Å²) in [6.07, 6.45) is 0.407. The zero-order valence-corrected chi connectivity index (χ0v) is 9.65. The largest absolute Gasteiger partial charge is 0.466 e. The number of primary amides is 1. The second kappa shape index (κ2) is 6.32. The van der Waals surface area contributed by atoms with Crippen LogP contribution in [0.25, 0.3) is 0 Å². The first-order valence-corrected chi connectivity index (χ1v) is 5.56. The minimum atomic E-state index is -0.370. The van der Waals surface area contributed by atoms with Gasteiger partial charge in [-0.05, 0) is 6.92 Å². The molecule has 1 aliphatic heterocycles. The van der Waals surface area contributed by atoms with E-state index in [1.807, 2.05) is 0 Å². The van der Waals surface area contributed by atoms with Crippen LogP contribution < -0.4 is 5.73 Å². The molecule has 1 heterocycles. The van der Waals surface area contributed by atoms with Gasteiger partial charge in [0.15, 0.2) is 0 Å². The number of ether oxygens (including phenoxy) is 1. The number of piperazine rings is 1. The standard InChI is InChI=1S/C10H19N3O3/c1-2-16-9(14)3-4-12-5-7-13(8-6-12)10(11)15/h2-8H2,1H3,(H2,11,15). The first-order chi connectivity index (χ1) is 7.63. The molecular formula is C10H19N3O3. The molecule has 0 spiro atoms. The van der Waals surface area contributed by atoms with Crippen LogP contribution in [0.15, 0.2) is 0 Å². The Hall–Kier alpha value is -1.30. The Balaban J connectivity index is 2.17. The number of carbonyl (C=O) groups excluding carboxylic acids is 2. The van der Waals surface area contributed by atoms with Crippen molar-refractivity contribution in [3.05, 3.63) is 0 Å². The van der Waals surface area contributed by atoms with Gasteiger partial charge in [-0.2, -0.15) is 0 Å². The fourth-order valence-electron chi connectivity index (χ4n) is 1.67. The minimum Gasteiger partial charge on any atom is -0.466 e. The fraction of sp³-hybridized carbons (Fsp3) is 0.800. The van der Waals surface area contributed by atoms with Crippen molar-refractivity contribution in [3.8, 4) is 0 Å². The van der Waals surface area contributed by atoms with Gasteiger partial charge in [-0.15, -0.1) is 0 Å². The zero-order chi connectivity index (χ0) is 12.0. The molecular weight excluding hydrogens is 210 g/mol. The second-order valence-corrected chi connectivity index (χ2v) is 3.72. The van der Waals surface area contributed by atoms with E-state index in [4.69, 9.17) is 10.5 Å². The lowest BCUT2D eigenvalue weighted by molar-refractivity contribution is -0.143. The number of rotatable bonds is 4. The van der Waals surface area contributed by atoms with E-state index in [1.165, 1.54) is 0 Å². The van der Waals surface area contributed by atoms with Crippen LogP contribution in [0, 0.1) is 0 Å². The summed E-state index contributed by atoms with van der Waals surface area (Å²) >= 11 is 0. The van der Waals surface area contributed by atoms with E-state index in [9.17, 15) is 9.59 Å². The predicted molar refractivity (Wildman–Crippen MR) is 58.8 cm³/mol. The van der Waals surface area contributed by atoms with Gasteiger partial charge in [0.1, 0.15) is 0 Å². The number of esters is 1. The van der Waals surface area contributed by atoms with Crippen LogP contribution in [0.2, 0.25) is 0 Å². The van der Waals surface area contributed by atoms with Crippen molar-refractivity contribution in [1.82, 2.24) is 9.80 Å². The van der Waals surface area contributed by atoms with Gasteiger partial charge in [0.05, 0.1) is 13.0 Å². The highest BCUT2D eigenvalue weighted by molar-refractivity contribution is 5.72. The molecule has 1 saturated heterocycles. The molecule has 0 unspecified atom stereocenters. The van der Waals surface area contributed by atoms with E-state index in [0.717, 1.165) is 13.1 Å². The molecule has 16 heavy (non-hydrogen) atoms. The summed E-state index contributed by atoms with van der Waals surface area (Å²) in [6, 6.07) is -0.370. The van der Waals surface area contributed by atoms with Gasteiger partial charge in [-0.3, -0.25) is 9.69 Å². The van der Waals surface area contributed by atoms with Crippen LogP contribution >= 0.6 is 0 Å². The van der Waals surface area contributed by atoms with Gasteiger partial charge in [0.25, 0.3) is 0 Å². The Morgan fingerprint density at radius 3 is 2.38 bits per heavy atom. The number of hydrogen-bond acceptors (Lipinski definition) is 4. The van der Waals surface area contributed by atoms with E-state index >= 15 is 0 Å². The molecule has 6 heteroatoms. The third kappa shape index (κ3) is 4.06. The average Bonchev–Trinajstić information content (AvgIpc) is 2.27. The lowest BCUT2D eigenvalue weighted by Crippen LogP contribution is -2.50. The number of carbonyl (C=O) groups is 2. The van der Waals surface area contributed by atoms with Gasteiger partial charge in [0.2, 0.25) is 0 Å². The summed E-state index contributed by atoms with van der Waals surface area (Å²) in [5, 5.41) is 0. The molecule has 2 N–H and O–H groups in total. The molecule has 1 fully saturated rings. The predicted octanol–water partition coefficient (Wildman–Crippen LogP) is -0.364. The Kier molecular flexibility index (Phi) is 5.04. The second-order valence-electron chi connectivity index (χ2n) is 3.72. The molecule has 0 aromatic carbocycles. The van der Waals surface area contributed by atoms with Crippen LogP contribution in [-0.4, -0.2) is 61.1 Å². The highest BCUT2D eigenvalue weighted by Gasteiger charge is 2.19. The molecule has 1 rings (SSSR count). The third-order valence-electron chi connectivity index (χ3n) is 2.62. The zero-order valence-electron chi connectivity index (χ0n) is 9.65. The molecule has 0 aromatic heterocycles. The molecule has 0 bridgehead atoms. The summed E-state index contributed by atoms with van der Waals surface area (Å²) in [6.45, 7) is 5.71. The van der Waals surface area contributed by atoms with E-state index in [2.05, 4.69) is 4.90 Å². The van der Waals surface area contributed by atoms with Crippen LogP contribution in [0.5, 0.6) is 0 Å². The van der Waals surface area contributed by atoms with E-state index < -0.39 is 0 Å². The third-order valence-corrected chi connectivity index (χ3v) is 2.62. The van der Waals surface area contributed by atoms with Crippen LogP contribution in [0.1, 0.15) is 13.3 Å². The Bertz CT molecular complexity index is 250. The van der Waals surface area contributed by atoms with Crippen molar-refractivity contribution < 1.29 is 14.3 Å². The van der Waals surface area contributed by atoms with Crippen LogP contribution in [-0.2, 0) is 9.53 Å². The van der Waals surface area contributed by atoms with Crippen molar-refractivity contribution >= 4 is 12.0 Å². The fourth-order valence-corrected chi connectivity index (χ4v) is 1.67. The maximum absolute atomic E-state index is 11.1. The normalized spacial score (nSPS) is 17.2. The average molecular weight is 229 g/mol. The SMILES string of the molecule is CCOC(=O)CCN1CCN(C(N)=O)CC1. The number of hydrogen-bond donors (Lipinski definition) is 1. The molecule has 0 aromatic rings. The molecule has 1 aliphatic rings. The van der Waals surface area contributed by atoms with E-state index in [1.54, 1.807) is 11.8 Å². The number of amides is 2. The molecule has 2 amide bonds. The summed E-state index contributed by atoms with van der Waals surface area (Å²) < 4.78 is 4.84. The van der Waals surface area contributed by atoms with Crippen molar-refractivity contribution in [2.75, 3.05) is 39.3 Å². The maximum Gasteiger partial charge on any atom is 0.314 e. The topological polar surface area (TPSA) is 75.9 Å². The molecule has 0 atom stereocenters. The van der Waals surface area contributed by atoms with Crippen molar-refractivity contribution in [3.63, 3.8) is 0 Å². The summed E-state index contributed by atoms with van der Waals surface area (Å²) in [7, 11) is 0. The lowest BCUT2D eigenvalue weighted by Gasteiger charge is -2.33. The van der Waals surface area contributed by atoms with Gasteiger partial charge >= 0.3 is 12.0 Å². The van der Waals surface area contributed by atoms with Crippen LogP contribution in [0.3, 0.4) is 0 Å². The quantitative estimate of drug-likeness (QED) is 0.668. The van der Waals surface area contributed by atoms with Gasteiger partial charge in [0, 0.05) is 32.7 Å². The Morgan fingerprint density at radius 1 is 1.25 bits per heavy atom. The highest BCUT2D eigenvalue weighted by atomic mass is 16.5. The maximum atomic E-state index is 11.1. The molecule has 0 radical (unpaired) electrons. The van der Waals surface area contributed by atoms with E-state index in [0.29, 0.717) is 32.7 Å². The first-order valence-electron chi connectivity index (χ1n) is 5.56. The highest BCUT2D eigenvalue weighted by Crippen LogP contribution is 2.02. The summed E-state index contributed by atoms with van der Waals surface area (Å²) in [5.74, 6) is -0.167.